The maximum atomic E-state index is 13.2. The number of carbonyl (C=O) groups is 2. The van der Waals surface area contributed by atoms with Crippen LogP contribution in [0.2, 0.25) is 0 Å². The summed E-state index contributed by atoms with van der Waals surface area (Å²) in [5, 5.41) is 10.8. The maximum Gasteiger partial charge on any atom is 0.326 e. The minimum Gasteiger partial charge on any atom is -0.321 e. The molecule has 0 aliphatic rings. The highest BCUT2D eigenvalue weighted by molar-refractivity contribution is 6.11. The first-order valence-electron chi connectivity index (χ1n) is 11.0. The van der Waals surface area contributed by atoms with Gasteiger partial charge < -0.3 is 10.3 Å². The normalized spacial score (nSPS) is 11.1. The molecule has 0 spiro atoms. The van der Waals surface area contributed by atoms with Crippen LogP contribution in [-0.2, 0) is 0 Å². The van der Waals surface area contributed by atoms with Gasteiger partial charge in [-0.15, -0.1) is 0 Å². The first kappa shape index (κ1) is 22.5. The molecule has 0 bridgehead atoms. The fourth-order valence-corrected chi connectivity index (χ4v) is 3.74. The van der Waals surface area contributed by atoms with E-state index in [2.05, 4.69) is 20.5 Å². The van der Waals surface area contributed by atoms with Gasteiger partial charge in [0.1, 0.15) is 5.69 Å². The number of aromatic nitrogens is 4. The average Bonchev–Trinajstić information content (AvgIpc) is 3.29. The standard InChI is InChI=1S/C27H19N5O4/c33-24-15-23(29-27(36)30-24)26(35)28-19-8-4-7-17(13-19)25(34)18-10-11-20-21(31-32-22(20)14-18)12-9-16-5-2-1-3-6-16/h1-15H,(H,28,35)(H,31,32)(H2,29,30,33,36)/b12-9+. The summed E-state index contributed by atoms with van der Waals surface area (Å²) < 4.78 is 0. The molecule has 3 aromatic carbocycles. The lowest BCUT2D eigenvalue weighted by atomic mass is 10.0. The van der Waals surface area contributed by atoms with Crippen molar-refractivity contribution in [1.82, 2.24) is 20.2 Å². The van der Waals surface area contributed by atoms with E-state index in [1.165, 1.54) is 6.07 Å². The van der Waals surface area contributed by atoms with Gasteiger partial charge in [-0.25, -0.2) is 4.79 Å². The number of nitrogens with zero attached hydrogens (tertiary/aromatic N) is 1. The summed E-state index contributed by atoms with van der Waals surface area (Å²) in [6.07, 6.45) is 3.88. The third-order valence-electron chi connectivity index (χ3n) is 5.48. The zero-order valence-electron chi connectivity index (χ0n) is 18.7. The number of hydrogen-bond acceptors (Lipinski definition) is 5. The zero-order chi connectivity index (χ0) is 25.1. The van der Waals surface area contributed by atoms with Crippen molar-refractivity contribution in [2.24, 2.45) is 0 Å². The Balaban J connectivity index is 1.36. The molecule has 0 aliphatic heterocycles. The molecule has 0 radical (unpaired) electrons. The Hall–Kier alpha value is -5.31. The molecule has 0 saturated carbocycles. The number of anilines is 1. The van der Waals surface area contributed by atoms with Crippen molar-refractivity contribution in [3.8, 4) is 0 Å². The Morgan fingerprint density at radius 3 is 2.42 bits per heavy atom. The van der Waals surface area contributed by atoms with Gasteiger partial charge in [-0.2, -0.15) is 5.10 Å². The van der Waals surface area contributed by atoms with Gasteiger partial charge in [-0.05, 0) is 35.9 Å². The van der Waals surface area contributed by atoms with Gasteiger partial charge in [0, 0.05) is 28.3 Å². The molecular weight excluding hydrogens is 458 g/mol. The summed E-state index contributed by atoms with van der Waals surface area (Å²) in [5.41, 5.74) is 2.00. The van der Waals surface area contributed by atoms with Crippen LogP contribution in [0.15, 0.2) is 88.5 Å². The monoisotopic (exact) mass is 477 g/mol. The van der Waals surface area contributed by atoms with E-state index in [9.17, 15) is 19.2 Å². The number of aromatic amines is 3. The van der Waals surface area contributed by atoms with Gasteiger partial charge in [0.2, 0.25) is 0 Å². The van der Waals surface area contributed by atoms with Crippen molar-refractivity contribution in [2.45, 2.75) is 0 Å². The molecule has 176 valence electrons. The van der Waals surface area contributed by atoms with E-state index in [1.807, 2.05) is 53.5 Å². The van der Waals surface area contributed by atoms with Crippen LogP contribution >= 0.6 is 0 Å². The predicted octanol–water partition coefficient (Wildman–Crippen LogP) is 3.59. The van der Waals surface area contributed by atoms with Gasteiger partial charge in [0.05, 0.1) is 11.2 Å². The van der Waals surface area contributed by atoms with Crippen molar-refractivity contribution in [1.29, 1.82) is 0 Å². The first-order valence-corrected chi connectivity index (χ1v) is 11.0. The van der Waals surface area contributed by atoms with Gasteiger partial charge in [0.15, 0.2) is 5.78 Å². The number of amides is 1. The molecule has 5 aromatic rings. The second-order valence-electron chi connectivity index (χ2n) is 7.98. The van der Waals surface area contributed by atoms with Crippen LogP contribution in [0.3, 0.4) is 0 Å². The molecule has 1 amide bonds. The smallest absolute Gasteiger partial charge is 0.321 e. The van der Waals surface area contributed by atoms with E-state index >= 15 is 0 Å². The van der Waals surface area contributed by atoms with E-state index in [0.29, 0.717) is 16.8 Å². The summed E-state index contributed by atoms with van der Waals surface area (Å²) in [6.45, 7) is 0. The van der Waals surface area contributed by atoms with E-state index in [1.54, 1.807) is 30.3 Å². The van der Waals surface area contributed by atoms with Gasteiger partial charge >= 0.3 is 5.69 Å². The lowest BCUT2D eigenvalue weighted by Crippen LogP contribution is -2.27. The number of carbonyl (C=O) groups excluding carboxylic acids is 2. The lowest BCUT2D eigenvalue weighted by Gasteiger charge is -2.07. The van der Waals surface area contributed by atoms with E-state index < -0.39 is 17.2 Å². The minimum atomic E-state index is -0.788. The molecule has 2 aromatic heterocycles. The van der Waals surface area contributed by atoms with Gasteiger partial charge in [-0.3, -0.25) is 24.5 Å². The minimum absolute atomic E-state index is 0.192. The maximum absolute atomic E-state index is 13.2. The molecule has 0 atom stereocenters. The summed E-state index contributed by atoms with van der Waals surface area (Å²) >= 11 is 0. The summed E-state index contributed by atoms with van der Waals surface area (Å²) in [5.74, 6) is -0.925. The molecular formula is C27H19N5O4. The molecule has 0 saturated heterocycles. The molecule has 36 heavy (non-hydrogen) atoms. The second kappa shape index (κ2) is 9.51. The quantitative estimate of drug-likeness (QED) is 0.277. The highest BCUT2D eigenvalue weighted by Crippen LogP contribution is 2.22. The fraction of sp³-hybridized carbons (Fsp3) is 0. The Morgan fingerprint density at radius 2 is 1.61 bits per heavy atom. The van der Waals surface area contributed by atoms with Crippen molar-refractivity contribution < 1.29 is 9.59 Å². The molecule has 5 rings (SSSR count). The molecule has 9 nitrogen and oxygen atoms in total. The number of rotatable bonds is 6. The van der Waals surface area contributed by atoms with Crippen LogP contribution in [0.25, 0.3) is 23.1 Å². The van der Waals surface area contributed by atoms with Crippen molar-refractivity contribution in [3.05, 3.63) is 128 Å². The summed E-state index contributed by atoms with van der Waals surface area (Å²) in [4.78, 5) is 52.7. The summed E-state index contributed by atoms with van der Waals surface area (Å²) in [6, 6.07) is 22.5. The zero-order valence-corrected chi connectivity index (χ0v) is 18.7. The summed E-state index contributed by atoms with van der Waals surface area (Å²) in [7, 11) is 0. The Labute approximate surface area is 203 Å². The topological polar surface area (TPSA) is 141 Å². The SMILES string of the molecule is O=C(c1cccc(NC(=O)c2cc(=O)[nH]c(=O)[nH]2)c1)c1ccc2c(/C=C/c3ccccc3)n[nH]c2c1. The molecule has 0 aliphatic carbocycles. The molecule has 4 N–H and O–H groups in total. The van der Waals surface area contributed by atoms with Crippen molar-refractivity contribution in [3.63, 3.8) is 0 Å². The van der Waals surface area contributed by atoms with Crippen LogP contribution in [0, 0.1) is 0 Å². The van der Waals surface area contributed by atoms with Crippen molar-refractivity contribution >= 4 is 40.4 Å². The van der Waals surface area contributed by atoms with E-state index in [0.717, 1.165) is 28.2 Å². The predicted molar refractivity (Wildman–Crippen MR) is 137 cm³/mol. The van der Waals surface area contributed by atoms with Gasteiger partial charge in [0.25, 0.3) is 11.5 Å². The Kier molecular flexibility index (Phi) is 5.94. The van der Waals surface area contributed by atoms with Gasteiger partial charge in [-0.1, -0.05) is 54.6 Å². The highest BCUT2D eigenvalue weighted by atomic mass is 16.2. The Bertz CT molecular complexity index is 1720. The first-order chi connectivity index (χ1) is 17.5. The number of benzene rings is 3. The van der Waals surface area contributed by atoms with Crippen molar-refractivity contribution in [2.75, 3.05) is 5.32 Å². The number of H-pyrrole nitrogens is 3. The third kappa shape index (κ3) is 4.80. The number of hydrogen-bond donors (Lipinski definition) is 4. The lowest BCUT2D eigenvalue weighted by molar-refractivity contribution is 0.101. The van der Waals surface area contributed by atoms with Crippen LogP contribution < -0.4 is 16.6 Å². The van der Waals surface area contributed by atoms with E-state index in [4.69, 9.17) is 0 Å². The second-order valence-corrected chi connectivity index (χ2v) is 7.98. The number of ketones is 1. The molecule has 0 fully saturated rings. The van der Waals surface area contributed by atoms with Crippen LogP contribution in [-0.4, -0.2) is 31.9 Å². The number of fused-ring (bicyclic) bond motifs is 1. The third-order valence-corrected chi connectivity index (χ3v) is 5.48. The average molecular weight is 477 g/mol. The molecule has 0 unspecified atom stereocenters. The van der Waals surface area contributed by atoms with Crippen LogP contribution in [0.4, 0.5) is 5.69 Å². The highest BCUT2D eigenvalue weighted by Gasteiger charge is 2.14. The molecule has 9 heteroatoms. The largest absolute Gasteiger partial charge is 0.326 e. The molecule has 2 heterocycles. The van der Waals surface area contributed by atoms with Crippen LogP contribution in [0.1, 0.15) is 37.7 Å². The Morgan fingerprint density at radius 1 is 0.806 bits per heavy atom. The van der Waals surface area contributed by atoms with E-state index in [-0.39, 0.29) is 11.5 Å². The number of nitrogens with one attached hydrogen (secondary N) is 4. The van der Waals surface area contributed by atoms with Crippen LogP contribution in [0.5, 0.6) is 0 Å². The fourth-order valence-electron chi connectivity index (χ4n) is 3.74.